The highest BCUT2D eigenvalue weighted by Crippen LogP contribution is 2.22. The summed E-state index contributed by atoms with van der Waals surface area (Å²) in [5.41, 5.74) is 2.15. The Bertz CT molecular complexity index is 350. The van der Waals surface area contributed by atoms with Crippen LogP contribution < -0.4 is 0 Å². The number of hydroxylamine groups is 1. The van der Waals surface area contributed by atoms with Crippen LogP contribution in [-0.4, -0.2) is 10.1 Å². The van der Waals surface area contributed by atoms with Crippen molar-refractivity contribution in [1.29, 1.82) is 0 Å². The molecule has 0 aliphatic heterocycles. The fourth-order valence-electron chi connectivity index (χ4n) is 1.30. The lowest BCUT2D eigenvalue weighted by Gasteiger charge is -2.18. The Labute approximate surface area is 89.4 Å². The van der Waals surface area contributed by atoms with E-state index < -0.39 is 0 Å². The minimum atomic E-state index is 0.0704. The molecule has 0 saturated heterocycles. The van der Waals surface area contributed by atoms with Crippen LogP contribution in [0.25, 0.3) is 0 Å². The first kappa shape index (κ1) is 11.5. The van der Waals surface area contributed by atoms with Crippen LogP contribution in [0.4, 0.5) is 0 Å². The van der Waals surface area contributed by atoms with Gasteiger partial charge in [-0.05, 0) is 11.0 Å². The summed E-state index contributed by atoms with van der Waals surface area (Å²) in [6.07, 6.45) is 0. The average molecular weight is 208 g/mol. The summed E-state index contributed by atoms with van der Waals surface area (Å²) < 4.78 is 0. The number of hydrogen-bond acceptors (Lipinski definition) is 2. The van der Waals surface area contributed by atoms with E-state index in [0.29, 0.717) is 0 Å². The normalized spacial score (nSPS) is 12.9. The predicted molar refractivity (Wildman–Crippen MR) is 56.7 cm³/mol. The summed E-state index contributed by atoms with van der Waals surface area (Å²) in [5.74, 6) is 0. The van der Waals surface area contributed by atoms with Gasteiger partial charge in [-0.1, -0.05) is 49.9 Å². The van der Waals surface area contributed by atoms with E-state index in [0.717, 1.165) is 5.56 Å². The lowest BCUT2D eigenvalue weighted by atomic mass is 9.87. The van der Waals surface area contributed by atoms with Gasteiger partial charge >= 0.3 is 0 Å². The van der Waals surface area contributed by atoms with E-state index in [4.69, 9.17) is 5.21 Å². The van der Waals surface area contributed by atoms with Crippen LogP contribution in [0.2, 0.25) is 0 Å². The summed E-state index contributed by atoms with van der Waals surface area (Å²) in [7, 11) is 0. The zero-order valence-electron chi connectivity index (χ0n) is 9.27. The highest BCUT2D eigenvalue weighted by atomic mass is 16.6. The lowest BCUT2D eigenvalue weighted by Crippen LogP contribution is -2.11. The molecule has 82 valence electrons. The van der Waals surface area contributed by atoms with Crippen molar-refractivity contribution in [2.45, 2.75) is 32.7 Å². The van der Waals surface area contributed by atoms with Crippen molar-refractivity contribution in [2.24, 2.45) is 5.28 Å². The number of hydrogen-bond donors (Lipinski definition) is 1. The fraction of sp³-hybridized carbons (Fsp3) is 0.455. The van der Waals surface area contributed by atoms with Gasteiger partial charge < -0.3 is 10.4 Å². The molecule has 15 heavy (non-hydrogen) atoms. The standard InChI is InChI=1S/C11H16N2O2/c1-11(2,3)10-6-4-9(5-7-10)8-13(15)12-14/h4-7,14H,8H2,1-3H3/b13-12-. The molecule has 4 nitrogen and oxygen atoms in total. The zero-order chi connectivity index (χ0) is 11.5. The fourth-order valence-corrected chi connectivity index (χ4v) is 1.30. The molecule has 0 fully saturated rings. The third-order valence-electron chi connectivity index (χ3n) is 2.24. The molecule has 4 heteroatoms. The molecular formula is C11H16N2O2. The molecule has 0 bridgehead atoms. The van der Waals surface area contributed by atoms with Gasteiger partial charge in [0.25, 0.3) is 0 Å². The van der Waals surface area contributed by atoms with Crippen molar-refractivity contribution in [1.82, 2.24) is 0 Å². The van der Waals surface area contributed by atoms with E-state index in [1.165, 1.54) is 5.56 Å². The molecule has 0 radical (unpaired) electrons. The summed E-state index contributed by atoms with van der Waals surface area (Å²) in [5, 5.41) is 21.5. The van der Waals surface area contributed by atoms with Crippen molar-refractivity contribution < 1.29 is 10.1 Å². The van der Waals surface area contributed by atoms with Crippen molar-refractivity contribution in [2.75, 3.05) is 0 Å². The Kier molecular flexibility index (Phi) is 3.29. The molecule has 1 N–H and O–H groups in total. The van der Waals surface area contributed by atoms with E-state index in [9.17, 15) is 5.21 Å². The largest absolute Gasteiger partial charge is 0.597 e. The molecule has 0 saturated carbocycles. The van der Waals surface area contributed by atoms with E-state index in [2.05, 4.69) is 26.0 Å². The first-order valence-corrected chi connectivity index (χ1v) is 4.82. The first-order valence-electron chi connectivity index (χ1n) is 4.82. The molecule has 1 rings (SSSR count). The maximum Gasteiger partial charge on any atom is 0.209 e. The van der Waals surface area contributed by atoms with Gasteiger partial charge in [-0.15, -0.1) is 0 Å². The van der Waals surface area contributed by atoms with Gasteiger partial charge in [-0.3, -0.25) is 0 Å². The Morgan fingerprint density at radius 1 is 1.27 bits per heavy atom. The van der Waals surface area contributed by atoms with Crippen molar-refractivity contribution in [3.8, 4) is 0 Å². The zero-order valence-corrected chi connectivity index (χ0v) is 9.27. The molecule has 1 aromatic carbocycles. The Morgan fingerprint density at radius 2 is 1.80 bits per heavy atom. The molecule has 0 aliphatic rings. The highest BCUT2D eigenvalue weighted by Gasteiger charge is 2.13. The first-order chi connectivity index (χ1) is 6.93. The average Bonchev–Trinajstić information content (AvgIpc) is 2.17. The van der Waals surface area contributed by atoms with Crippen LogP contribution in [0.15, 0.2) is 29.5 Å². The third-order valence-corrected chi connectivity index (χ3v) is 2.24. The maximum atomic E-state index is 10.8. The van der Waals surface area contributed by atoms with Gasteiger partial charge in [0.05, 0.1) is 0 Å². The Morgan fingerprint density at radius 3 is 2.20 bits per heavy atom. The summed E-state index contributed by atoms with van der Waals surface area (Å²) in [4.78, 5) is 0.242. The Balaban J connectivity index is 2.82. The molecule has 1 aromatic rings. The second kappa shape index (κ2) is 4.29. The Hall–Kier alpha value is -1.58. The van der Waals surface area contributed by atoms with Gasteiger partial charge in [0.15, 0.2) is 5.28 Å². The van der Waals surface area contributed by atoms with Crippen molar-refractivity contribution in [3.05, 3.63) is 40.6 Å². The van der Waals surface area contributed by atoms with E-state index in [1.54, 1.807) is 0 Å². The lowest BCUT2D eigenvalue weighted by molar-refractivity contribution is -0.570. The summed E-state index contributed by atoms with van der Waals surface area (Å²) >= 11 is 0. The highest BCUT2D eigenvalue weighted by molar-refractivity contribution is 5.26. The smallest absolute Gasteiger partial charge is 0.209 e. The van der Waals surface area contributed by atoms with Crippen LogP contribution in [0.5, 0.6) is 0 Å². The third kappa shape index (κ3) is 3.23. The minimum Gasteiger partial charge on any atom is -0.597 e. The number of rotatable bonds is 2. The van der Waals surface area contributed by atoms with Gasteiger partial charge in [-0.2, -0.15) is 0 Å². The molecular weight excluding hydrogens is 192 g/mol. The van der Waals surface area contributed by atoms with Gasteiger partial charge in [-0.25, -0.2) is 0 Å². The molecule has 0 aliphatic carbocycles. The molecule has 0 heterocycles. The van der Waals surface area contributed by atoms with Crippen LogP contribution in [0.1, 0.15) is 31.9 Å². The molecule has 0 aromatic heterocycles. The number of benzene rings is 1. The maximum absolute atomic E-state index is 10.8. The topological polar surface area (TPSA) is 58.7 Å². The minimum absolute atomic E-state index is 0.0704. The van der Waals surface area contributed by atoms with E-state index in [1.807, 2.05) is 24.3 Å². The quantitative estimate of drug-likeness (QED) is 0.461. The van der Waals surface area contributed by atoms with Gasteiger partial charge in [0.1, 0.15) is 0 Å². The predicted octanol–water partition coefficient (Wildman–Crippen LogP) is 2.84. The molecule has 0 spiro atoms. The monoisotopic (exact) mass is 208 g/mol. The van der Waals surface area contributed by atoms with Gasteiger partial charge in [0.2, 0.25) is 6.54 Å². The second-order valence-electron chi connectivity index (χ2n) is 4.55. The van der Waals surface area contributed by atoms with E-state index >= 15 is 0 Å². The van der Waals surface area contributed by atoms with Crippen LogP contribution in [0, 0.1) is 5.21 Å². The van der Waals surface area contributed by atoms with Crippen LogP contribution >= 0.6 is 0 Å². The number of nitrogens with zero attached hydrogens (tertiary/aromatic N) is 2. The summed E-state index contributed by atoms with van der Waals surface area (Å²) in [6, 6.07) is 7.72. The molecule has 0 amide bonds. The molecule has 0 atom stereocenters. The van der Waals surface area contributed by atoms with Gasteiger partial charge in [0, 0.05) is 5.56 Å². The van der Waals surface area contributed by atoms with Crippen molar-refractivity contribution >= 4 is 0 Å². The van der Waals surface area contributed by atoms with Crippen molar-refractivity contribution in [3.63, 3.8) is 0 Å². The summed E-state index contributed by atoms with van der Waals surface area (Å²) in [6.45, 7) is 6.46. The second-order valence-corrected chi connectivity index (χ2v) is 4.55. The molecule has 0 unspecified atom stereocenters. The van der Waals surface area contributed by atoms with E-state index in [-0.39, 0.29) is 16.8 Å². The SMILES string of the molecule is CC(C)(C)c1ccc(C/[N+]([O-])=N/O)cc1. The van der Waals surface area contributed by atoms with Crippen LogP contribution in [0.3, 0.4) is 0 Å². The van der Waals surface area contributed by atoms with Crippen LogP contribution in [-0.2, 0) is 12.0 Å².